The fourth-order valence-corrected chi connectivity index (χ4v) is 3.62. The summed E-state index contributed by atoms with van der Waals surface area (Å²) in [5, 5.41) is 11.3. The summed E-state index contributed by atoms with van der Waals surface area (Å²) in [4.78, 5) is 0. The predicted octanol–water partition coefficient (Wildman–Crippen LogP) is 4.31. The molecular formula is C15H25ClO. The van der Waals surface area contributed by atoms with Gasteiger partial charge in [0.2, 0.25) is 0 Å². The monoisotopic (exact) mass is 256 g/mol. The van der Waals surface area contributed by atoms with E-state index in [4.69, 9.17) is 11.6 Å². The highest BCUT2D eigenvalue weighted by molar-refractivity contribution is 6.17. The Labute approximate surface area is 111 Å². The first-order chi connectivity index (χ1) is 7.65. The van der Waals surface area contributed by atoms with E-state index in [2.05, 4.69) is 27.0 Å². The van der Waals surface area contributed by atoms with E-state index in [0.29, 0.717) is 12.3 Å². The minimum absolute atomic E-state index is 0.268. The van der Waals surface area contributed by atoms with Crippen molar-refractivity contribution in [3.8, 4) is 0 Å². The fourth-order valence-electron chi connectivity index (χ4n) is 3.34. The lowest BCUT2D eigenvalue weighted by molar-refractivity contribution is -0.0965. The first-order valence-corrected chi connectivity index (χ1v) is 6.79. The second-order valence-electron chi connectivity index (χ2n) is 6.02. The molecule has 1 fully saturated rings. The number of hydrogen-bond donors (Lipinski definition) is 1. The van der Waals surface area contributed by atoms with Gasteiger partial charge in [-0.15, -0.1) is 11.6 Å². The summed E-state index contributed by atoms with van der Waals surface area (Å²) in [6, 6.07) is 0. The van der Waals surface area contributed by atoms with Crippen LogP contribution in [0.3, 0.4) is 0 Å². The van der Waals surface area contributed by atoms with Crippen molar-refractivity contribution in [2.75, 3.05) is 5.88 Å². The Bertz CT molecular complexity index is 319. The highest BCUT2D eigenvalue weighted by Gasteiger charge is 2.62. The minimum atomic E-state index is -0.834. The highest BCUT2D eigenvalue weighted by Crippen LogP contribution is 2.63. The lowest BCUT2D eigenvalue weighted by Gasteiger charge is -2.49. The van der Waals surface area contributed by atoms with Gasteiger partial charge in [-0.3, -0.25) is 0 Å². The second kappa shape index (κ2) is 4.44. The first-order valence-electron chi connectivity index (χ1n) is 6.26. The van der Waals surface area contributed by atoms with E-state index >= 15 is 0 Å². The number of halogens is 1. The Balaban J connectivity index is 3.34. The Morgan fingerprint density at radius 1 is 1.12 bits per heavy atom. The molecule has 1 aliphatic carbocycles. The van der Waals surface area contributed by atoms with Gasteiger partial charge in [0.1, 0.15) is 0 Å². The molecule has 0 aromatic heterocycles. The molecule has 0 bridgehead atoms. The van der Waals surface area contributed by atoms with Crippen molar-refractivity contribution in [1.82, 2.24) is 0 Å². The highest BCUT2D eigenvalue weighted by atomic mass is 35.5. The molecule has 1 nitrogen and oxygen atoms in total. The molecule has 2 heteroatoms. The van der Waals surface area contributed by atoms with E-state index in [1.54, 1.807) is 0 Å². The van der Waals surface area contributed by atoms with Crippen LogP contribution in [0.2, 0.25) is 0 Å². The SMILES string of the molecule is C=C(C)[C@]1(C)CC[C@](C)(C(=C)C)C1(O)CCCl. The van der Waals surface area contributed by atoms with Crippen molar-refractivity contribution in [3.05, 3.63) is 24.3 Å². The van der Waals surface area contributed by atoms with Crippen molar-refractivity contribution in [1.29, 1.82) is 0 Å². The lowest BCUT2D eigenvalue weighted by Crippen LogP contribution is -2.53. The average Bonchev–Trinajstić information content (AvgIpc) is 2.43. The van der Waals surface area contributed by atoms with E-state index in [9.17, 15) is 5.11 Å². The molecule has 1 rings (SSSR count). The van der Waals surface area contributed by atoms with Crippen LogP contribution in [0.15, 0.2) is 24.3 Å². The number of hydrogen-bond acceptors (Lipinski definition) is 1. The third-order valence-corrected chi connectivity index (χ3v) is 5.48. The number of aliphatic hydroxyl groups is 1. The van der Waals surface area contributed by atoms with Crippen molar-refractivity contribution in [3.63, 3.8) is 0 Å². The van der Waals surface area contributed by atoms with E-state index in [1.807, 2.05) is 13.8 Å². The summed E-state index contributed by atoms with van der Waals surface area (Å²) in [7, 11) is 0. The van der Waals surface area contributed by atoms with Crippen LogP contribution in [0, 0.1) is 10.8 Å². The Hall–Kier alpha value is -0.270. The number of alkyl halides is 1. The van der Waals surface area contributed by atoms with Crippen molar-refractivity contribution < 1.29 is 5.11 Å². The molecule has 0 aliphatic heterocycles. The molecule has 0 radical (unpaired) electrons. The number of rotatable bonds is 4. The molecule has 98 valence electrons. The zero-order valence-electron chi connectivity index (χ0n) is 11.6. The maximum atomic E-state index is 11.3. The predicted molar refractivity (Wildman–Crippen MR) is 75.4 cm³/mol. The summed E-state index contributed by atoms with van der Waals surface area (Å²) in [5.41, 5.74) is 0.704. The molecule has 17 heavy (non-hydrogen) atoms. The first kappa shape index (κ1) is 14.8. The second-order valence-corrected chi connectivity index (χ2v) is 6.40. The third-order valence-electron chi connectivity index (χ3n) is 5.29. The average molecular weight is 257 g/mol. The van der Waals surface area contributed by atoms with Gasteiger partial charge in [-0.2, -0.15) is 0 Å². The van der Waals surface area contributed by atoms with Gasteiger partial charge in [0.05, 0.1) is 5.60 Å². The molecule has 1 unspecified atom stereocenters. The van der Waals surface area contributed by atoms with E-state index in [-0.39, 0.29) is 10.8 Å². The smallest absolute Gasteiger partial charge is 0.0839 e. The standard InChI is InChI=1S/C15H25ClO/c1-11(2)13(5)7-8-14(6,12(3)4)15(13,17)9-10-16/h17H,1,3,7-10H2,2,4-6H3/t13-,14+,15?. The van der Waals surface area contributed by atoms with Crippen LogP contribution in [0.4, 0.5) is 0 Å². The summed E-state index contributed by atoms with van der Waals surface area (Å²) in [6.07, 6.45) is 2.47. The van der Waals surface area contributed by atoms with Crippen LogP contribution >= 0.6 is 11.6 Å². The molecule has 0 heterocycles. The van der Waals surface area contributed by atoms with Crippen LogP contribution < -0.4 is 0 Å². The van der Waals surface area contributed by atoms with Crippen LogP contribution in [-0.4, -0.2) is 16.6 Å². The molecule has 1 aliphatic rings. The van der Waals surface area contributed by atoms with Crippen LogP contribution in [0.25, 0.3) is 0 Å². The normalized spacial score (nSPS) is 41.5. The molecule has 3 atom stereocenters. The van der Waals surface area contributed by atoms with E-state index in [0.717, 1.165) is 24.0 Å². The van der Waals surface area contributed by atoms with Gasteiger partial charge >= 0.3 is 0 Å². The summed E-state index contributed by atoms with van der Waals surface area (Å²) in [5.74, 6) is 0.461. The van der Waals surface area contributed by atoms with Gasteiger partial charge in [0, 0.05) is 16.7 Å². The lowest BCUT2D eigenvalue weighted by atomic mass is 9.60. The zero-order chi connectivity index (χ0) is 13.5. The molecule has 0 spiro atoms. The molecule has 0 saturated heterocycles. The van der Waals surface area contributed by atoms with Crippen LogP contribution in [0.5, 0.6) is 0 Å². The van der Waals surface area contributed by atoms with Crippen molar-refractivity contribution in [2.45, 2.75) is 52.6 Å². The summed E-state index contributed by atoms with van der Waals surface area (Å²) in [6.45, 7) is 16.4. The maximum Gasteiger partial charge on any atom is 0.0839 e. The topological polar surface area (TPSA) is 20.2 Å². The van der Waals surface area contributed by atoms with Gasteiger partial charge < -0.3 is 5.11 Å². The van der Waals surface area contributed by atoms with Crippen LogP contribution in [0.1, 0.15) is 47.0 Å². The van der Waals surface area contributed by atoms with Crippen molar-refractivity contribution in [2.24, 2.45) is 10.8 Å². The third kappa shape index (κ3) is 1.79. The van der Waals surface area contributed by atoms with Crippen LogP contribution in [-0.2, 0) is 0 Å². The summed E-state index contributed by atoms with van der Waals surface area (Å²) < 4.78 is 0. The van der Waals surface area contributed by atoms with E-state index in [1.165, 1.54) is 0 Å². The molecule has 0 amide bonds. The molecule has 0 aromatic carbocycles. The quantitative estimate of drug-likeness (QED) is 0.587. The van der Waals surface area contributed by atoms with Gasteiger partial charge in [0.25, 0.3) is 0 Å². The summed E-state index contributed by atoms with van der Waals surface area (Å²) >= 11 is 5.92. The van der Waals surface area contributed by atoms with Gasteiger partial charge in [-0.25, -0.2) is 0 Å². The van der Waals surface area contributed by atoms with Gasteiger partial charge in [-0.1, -0.05) is 38.2 Å². The molecule has 0 aromatic rings. The Kier molecular flexibility index (Phi) is 3.86. The van der Waals surface area contributed by atoms with Crippen molar-refractivity contribution >= 4 is 11.6 Å². The molecule has 1 saturated carbocycles. The fraction of sp³-hybridized carbons (Fsp3) is 0.733. The van der Waals surface area contributed by atoms with E-state index < -0.39 is 5.60 Å². The molecular weight excluding hydrogens is 232 g/mol. The Morgan fingerprint density at radius 2 is 1.47 bits per heavy atom. The minimum Gasteiger partial charge on any atom is -0.388 e. The maximum absolute atomic E-state index is 11.3. The largest absolute Gasteiger partial charge is 0.388 e. The Morgan fingerprint density at radius 3 is 1.71 bits per heavy atom. The van der Waals surface area contributed by atoms with Gasteiger partial charge in [-0.05, 0) is 33.1 Å². The zero-order valence-corrected chi connectivity index (χ0v) is 12.3. The molecule has 1 N–H and O–H groups in total. The van der Waals surface area contributed by atoms with Gasteiger partial charge in [0.15, 0.2) is 0 Å².